The van der Waals surface area contributed by atoms with E-state index in [1.807, 2.05) is 0 Å². The minimum atomic E-state index is -0.390. The van der Waals surface area contributed by atoms with Crippen molar-refractivity contribution in [3.63, 3.8) is 0 Å². The summed E-state index contributed by atoms with van der Waals surface area (Å²) in [6, 6.07) is 11.5. The Morgan fingerprint density at radius 1 is 1.33 bits per heavy atom. The Kier molecular flexibility index (Phi) is 6.16. The minimum absolute atomic E-state index is 0.344. The zero-order valence-electron chi connectivity index (χ0n) is 13.1. The number of benzene rings is 2. The van der Waals surface area contributed by atoms with E-state index in [9.17, 15) is 9.65 Å². The first-order chi connectivity index (χ1) is 11.6. The molecule has 0 N–H and O–H groups in total. The highest BCUT2D eigenvalue weighted by Crippen LogP contribution is 2.35. The van der Waals surface area contributed by atoms with E-state index < -0.39 is 5.82 Å². The third-order valence-corrected chi connectivity index (χ3v) is 3.88. The van der Waals surface area contributed by atoms with Crippen molar-refractivity contribution in [2.24, 2.45) is 0 Å². The van der Waals surface area contributed by atoms with Crippen molar-refractivity contribution in [2.75, 3.05) is 13.7 Å². The summed E-state index contributed by atoms with van der Waals surface area (Å²) in [5.74, 6) is 0.701. The predicted octanol–water partition coefficient (Wildman–Crippen LogP) is 5.23. The number of nitriles is 1. The van der Waals surface area contributed by atoms with E-state index in [0.717, 1.165) is 10.0 Å². The van der Waals surface area contributed by atoms with E-state index in [1.165, 1.54) is 19.2 Å². The Labute approximate surface area is 148 Å². The van der Waals surface area contributed by atoms with E-state index in [0.29, 0.717) is 29.2 Å². The van der Waals surface area contributed by atoms with E-state index in [2.05, 4.69) is 28.6 Å². The Morgan fingerprint density at radius 2 is 2.12 bits per heavy atom. The van der Waals surface area contributed by atoms with Crippen molar-refractivity contribution in [1.29, 1.82) is 5.26 Å². The van der Waals surface area contributed by atoms with Gasteiger partial charge in [0, 0.05) is 4.47 Å². The van der Waals surface area contributed by atoms with E-state index in [1.54, 1.807) is 36.4 Å². The molecule has 0 saturated heterocycles. The van der Waals surface area contributed by atoms with Crippen LogP contribution in [0.4, 0.5) is 4.39 Å². The van der Waals surface area contributed by atoms with Gasteiger partial charge >= 0.3 is 0 Å². The van der Waals surface area contributed by atoms with Gasteiger partial charge in [0.25, 0.3) is 0 Å². The van der Waals surface area contributed by atoms with Crippen LogP contribution < -0.4 is 9.47 Å². The lowest BCUT2D eigenvalue weighted by Gasteiger charge is -2.12. The van der Waals surface area contributed by atoms with Crippen molar-refractivity contribution in [3.8, 4) is 17.6 Å². The van der Waals surface area contributed by atoms with Gasteiger partial charge in [-0.25, -0.2) is 4.39 Å². The normalized spacial score (nSPS) is 10.8. The quantitative estimate of drug-likeness (QED) is 0.387. The molecule has 0 aromatic heterocycles. The van der Waals surface area contributed by atoms with Crippen LogP contribution in [0.5, 0.6) is 11.5 Å². The van der Waals surface area contributed by atoms with Gasteiger partial charge in [-0.15, -0.1) is 0 Å². The highest BCUT2D eigenvalue weighted by atomic mass is 79.9. The second-order valence-corrected chi connectivity index (χ2v) is 5.66. The highest BCUT2D eigenvalue weighted by Gasteiger charge is 2.11. The molecule has 0 aliphatic heterocycles. The lowest BCUT2D eigenvalue weighted by Crippen LogP contribution is -1.97. The highest BCUT2D eigenvalue weighted by molar-refractivity contribution is 9.10. The molecule has 2 aromatic rings. The van der Waals surface area contributed by atoms with Crippen LogP contribution in [0.2, 0.25) is 0 Å². The van der Waals surface area contributed by atoms with Crippen molar-refractivity contribution >= 4 is 27.6 Å². The maximum atomic E-state index is 13.4. The average molecular weight is 388 g/mol. The molecule has 0 aliphatic rings. The SMILES string of the molecule is C=CCOc1cc(Br)c(/C=C(\C#N)c2cccc(F)c2)cc1OC. The molecular weight excluding hydrogens is 373 g/mol. The molecule has 0 radical (unpaired) electrons. The van der Waals surface area contributed by atoms with E-state index in [-0.39, 0.29) is 0 Å². The van der Waals surface area contributed by atoms with E-state index >= 15 is 0 Å². The number of methoxy groups -OCH3 is 1. The number of hydrogen-bond donors (Lipinski definition) is 0. The van der Waals surface area contributed by atoms with Crippen LogP contribution in [0.25, 0.3) is 11.6 Å². The van der Waals surface area contributed by atoms with Gasteiger partial charge in [-0.05, 0) is 41.5 Å². The molecule has 0 fully saturated rings. The number of halogens is 2. The maximum absolute atomic E-state index is 13.4. The van der Waals surface area contributed by atoms with Crippen LogP contribution in [0.3, 0.4) is 0 Å². The summed E-state index contributed by atoms with van der Waals surface area (Å²) >= 11 is 3.46. The first-order valence-corrected chi connectivity index (χ1v) is 7.87. The van der Waals surface area contributed by atoms with Gasteiger partial charge in [0.1, 0.15) is 12.4 Å². The summed E-state index contributed by atoms with van der Waals surface area (Å²) in [5, 5.41) is 9.40. The average Bonchev–Trinajstić information content (AvgIpc) is 2.59. The summed E-state index contributed by atoms with van der Waals surface area (Å²) in [5.41, 5.74) is 1.57. The van der Waals surface area contributed by atoms with Gasteiger partial charge in [0.05, 0.1) is 18.8 Å². The van der Waals surface area contributed by atoms with Crippen molar-refractivity contribution in [1.82, 2.24) is 0 Å². The Bertz CT molecular complexity index is 825. The van der Waals surface area contributed by atoms with Gasteiger partial charge in [-0.3, -0.25) is 0 Å². The fourth-order valence-corrected chi connectivity index (χ4v) is 2.51. The van der Waals surface area contributed by atoms with Gasteiger partial charge in [0.2, 0.25) is 0 Å². The van der Waals surface area contributed by atoms with Crippen molar-refractivity contribution in [3.05, 3.63) is 70.5 Å². The van der Waals surface area contributed by atoms with Crippen LogP contribution in [0, 0.1) is 17.1 Å². The van der Waals surface area contributed by atoms with Crippen LogP contribution in [0.15, 0.2) is 53.5 Å². The lowest BCUT2D eigenvalue weighted by molar-refractivity contribution is 0.326. The predicted molar refractivity (Wildman–Crippen MR) is 96.3 cm³/mol. The van der Waals surface area contributed by atoms with Gasteiger partial charge in [-0.2, -0.15) is 5.26 Å². The Morgan fingerprint density at radius 3 is 2.75 bits per heavy atom. The topological polar surface area (TPSA) is 42.2 Å². The monoisotopic (exact) mass is 387 g/mol. The molecule has 2 aromatic carbocycles. The molecule has 0 spiro atoms. The lowest BCUT2D eigenvalue weighted by atomic mass is 10.0. The fourth-order valence-electron chi connectivity index (χ4n) is 2.07. The molecule has 0 heterocycles. The molecule has 3 nitrogen and oxygen atoms in total. The Hall–Kier alpha value is -2.58. The standard InChI is InChI=1S/C19H15BrFNO2/c1-3-7-24-19-11-17(20)14(10-18(19)23-2)8-15(12-22)13-5-4-6-16(21)9-13/h3-6,8-11H,1,7H2,2H3/b15-8+. The van der Waals surface area contributed by atoms with Crippen LogP contribution in [-0.2, 0) is 0 Å². The smallest absolute Gasteiger partial charge is 0.162 e. The summed E-state index contributed by atoms with van der Waals surface area (Å²) < 4.78 is 25.0. The number of nitrogens with zero attached hydrogens (tertiary/aromatic N) is 1. The zero-order chi connectivity index (χ0) is 17.5. The van der Waals surface area contributed by atoms with Crippen LogP contribution in [-0.4, -0.2) is 13.7 Å². The summed E-state index contributed by atoms with van der Waals surface area (Å²) in [6.45, 7) is 3.96. The number of allylic oxidation sites excluding steroid dienone is 1. The maximum Gasteiger partial charge on any atom is 0.162 e. The third-order valence-electron chi connectivity index (χ3n) is 3.20. The summed E-state index contributed by atoms with van der Waals surface area (Å²) in [4.78, 5) is 0. The zero-order valence-corrected chi connectivity index (χ0v) is 14.6. The number of rotatable bonds is 6. The molecule has 0 bridgehead atoms. The molecule has 24 heavy (non-hydrogen) atoms. The molecule has 0 aliphatic carbocycles. The molecule has 0 amide bonds. The van der Waals surface area contributed by atoms with E-state index in [4.69, 9.17) is 9.47 Å². The molecule has 122 valence electrons. The minimum Gasteiger partial charge on any atom is -0.493 e. The molecule has 5 heteroatoms. The summed E-state index contributed by atoms with van der Waals surface area (Å²) in [7, 11) is 1.54. The van der Waals surface area contributed by atoms with Crippen molar-refractivity contribution in [2.45, 2.75) is 0 Å². The van der Waals surface area contributed by atoms with Gasteiger partial charge in [-0.1, -0.05) is 40.7 Å². The first kappa shape index (κ1) is 17.8. The molecule has 2 rings (SSSR count). The Balaban J connectivity index is 2.47. The molecule has 0 atom stereocenters. The second kappa shape index (κ2) is 8.32. The number of ether oxygens (including phenoxy) is 2. The van der Waals surface area contributed by atoms with Crippen LogP contribution in [0.1, 0.15) is 11.1 Å². The fraction of sp³-hybridized carbons (Fsp3) is 0.105. The van der Waals surface area contributed by atoms with Crippen molar-refractivity contribution < 1.29 is 13.9 Å². The third kappa shape index (κ3) is 4.24. The molecular formula is C19H15BrFNO2. The largest absolute Gasteiger partial charge is 0.493 e. The summed E-state index contributed by atoms with van der Waals surface area (Å²) in [6.07, 6.45) is 3.30. The second-order valence-electron chi connectivity index (χ2n) is 4.80. The number of hydrogen-bond acceptors (Lipinski definition) is 3. The van der Waals surface area contributed by atoms with Gasteiger partial charge in [0.15, 0.2) is 11.5 Å². The first-order valence-electron chi connectivity index (χ1n) is 7.08. The van der Waals surface area contributed by atoms with Gasteiger partial charge < -0.3 is 9.47 Å². The van der Waals surface area contributed by atoms with Crippen LogP contribution >= 0.6 is 15.9 Å². The molecule has 0 unspecified atom stereocenters. The molecule has 0 saturated carbocycles.